The highest BCUT2D eigenvalue weighted by Crippen LogP contribution is 2.17. The summed E-state index contributed by atoms with van der Waals surface area (Å²) in [6.45, 7) is 1.41. The number of nitriles is 1. The molecule has 0 saturated carbocycles. The molecule has 1 heterocycles. The van der Waals surface area contributed by atoms with Crippen molar-refractivity contribution in [2.75, 3.05) is 12.1 Å². The van der Waals surface area contributed by atoms with Gasteiger partial charge in [-0.15, -0.1) is 5.10 Å². The van der Waals surface area contributed by atoms with Gasteiger partial charge < -0.3 is 4.90 Å². The second kappa shape index (κ2) is 6.50. The van der Waals surface area contributed by atoms with E-state index in [1.165, 1.54) is 5.56 Å². The maximum Gasteiger partial charge on any atom is 0.130 e. The molecule has 0 radical (unpaired) electrons. The number of hydrogen-bond donors (Lipinski definition) is 1. The molecule has 0 fully saturated rings. The standard InChI is InChI=1S/C16H14BrN5/c17-15-7-5-13(6-8-15)10-21-11-19-22(12-21)20-16-4-2-1-3-14(16)9-18/h1-8,11,20H,10,12H2. The van der Waals surface area contributed by atoms with E-state index in [0.717, 1.165) is 16.7 Å². The Morgan fingerprint density at radius 1 is 1.18 bits per heavy atom. The quantitative estimate of drug-likeness (QED) is 0.913. The van der Waals surface area contributed by atoms with Gasteiger partial charge in [0.25, 0.3) is 0 Å². The molecular weight excluding hydrogens is 342 g/mol. The maximum absolute atomic E-state index is 9.10. The first-order valence-electron chi connectivity index (χ1n) is 6.80. The summed E-state index contributed by atoms with van der Waals surface area (Å²) in [5.41, 5.74) is 5.72. The van der Waals surface area contributed by atoms with Crippen molar-refractivity contribution in [3.8, 4) is 6.07 Å². The Bertz CT molecular complexity index is 720. The fourth-order valence-corrected chi connectivity index (χ4v) is 2.44. The smallest absolute Gasteiger partial charge is 0.130 e. The Labute approximate surface area is 137 Å². The molecule has 0 saturated heterocycles. The highest BCUT2D eigenvalue weighted by molar-refractivity contribution is 9.10. The van der Waals surface area contributed by atoms with Gasteiger partial charge in [-0.05, 0) is 29.8 Å². The SMILES string of the molecule is N#Cc1ccccc1NN1CN(Cc2ccc(Br)cc2)C=N1. The third-order valence-corrected chi connectivity index (χ3v) is 3.79. The fourth-order valence-electron chi connectivity index (χ4n) is 2.18. The van der Waals surface area contributed by atoms with E-state index in [2.05, 4.69) is 49.6 Å². The summed E-state index contributed by atoms with van der Waals surface area (Å²) < 4.78 is 1.07. The third kappa shape index (κ3) is 3.38. The summed E-state index contributed by atoms with van der Waals surface area (Å²) in [4.78, 5) is 2.09. The Morgan fingerprint density at radius 2 is 1.95 bits per heavy atom. The van der Waals surface area contributed by atoms with Gasteiger partial charge >= 0.3 is 0 Å². The van der Waals surface area contributed by atoms with Crippen molar-refractivity contribution in [2.45, 2.75) is 6.54 Å². The molecule has 22 heavy (non-hydrogen) atoms. The molecule has 2 aromatic rings. The van der Waals surface area contributed by atoms with E-state index >= 15 is 0 Å². The van der Waals surface area contributed by atoms with Crippen molar-refractivity contribution in [1.29, 1.82) is 5.26 Å². The molecule has 110 valence electrons. The van der Waals surface area contributed by atoms with Crippen LogP contribution in [0.1, 0.15) is 11.1 Å². The van der Waals surface area contributed by atoms with Crippen LogP contribution in [0, 0.1) is 11.3 Å². The van der Waals surface area contributed by atoms with Crippen molar-refractivity contribution in [3.05, 3.63) is 64.1 Å². The van der Waals surface area contributed by atoms with E-state index in [4.69, 9.17) is 5.26 Å². The first kappa shape index (κ1) is 14.4. The van der Waals surface area contributed by atoms with Crippen LogP contribution < -0.4 is 5.43 Å². The molecule has 0 aliphatic carbocycles. The molecule has 6 heteroatoms. The minimum atomic E-state index is 0.601. The molecule has 0 unspecified atom stereocenters. The van der Waals surface area contributed by atoms with E-state index in [9.17, 15) is 0 Å². The van der Waals surface area contributed by atoms with E-state index in [1.54, 1.807) is 17.5 Å². The Kier molecular flexibility index (Phi) is 4.26. The third-order valence-electron chi connectivity index (χ3n) is 3.27. The predicted molar refractivity (Wildman–Crippen MR) is 89.7 cm³/mol. The van der Waals surface area contributed by atoms with Gasteiger partial charge in [0, 0.05) is 11.0 Å². The highest BCUT2D eigenvalue weighted by Gasteiger charge is 2.15. The zero-order chi connectivity index (χ0) is 15.4. The molecule has 0 aromatic heterocycles. The molecule has 0 amide bonds. The minimum Gasteiger partial charge on any atom is -0.336 e. The lowest BCUT2D eigenvalue weighted by molar-refractivity contribution is 0.270. The van der Waals surface area contributed by atoms with Gasteiger partial charge in [-0.3, -0.25) is 5.43 Å². The second-order valence-electron chi connectivity index (χ2n) is 4.91. The maximum atomic E-state index is 9.10. The van der Waals surface area contributed by atoms with Crippen LogP contribution in [0.15, 0.2) is 58.1 Å². The van der Waals surface area contributed by atoms with Crippen molar-refractivity contribution < 1.29 is 0 Å². The first-order valence-corrected chi connectivity index (χ1v) is 7.60. The van der Waals surface area contributed by atoms with Crippen LogP contribution in [0.25, 0.3) is 0 Å². The largest absolute Gasteiger partial charge is 0.336 e. The van der Waals surface area contributed by atoms with Gasteiger partial charge in [0.15, 0.2) is 0 Å². The topological polar surface area (TPSA) is 54.7 Å². The highest BCUT2D eigenvalue weighted by atomic mass is 79.9. The summed E-state index contributed by atoms with van der Waals surface area (Å²) >= 11 is 3.43. The number of hydrogen-bond acceptors (Lipinski definition) is 5. The van der Waals surface area contributed by atoms with Crippen LogP contribution in [-0.2, 0) is 6.54 Å². The fraction of sp³-hybridized carbons (Fsp3) is 0.125. The van der Waals surface area contributed by atoms with Gasteiger partial charge in [-0.2, -0.15) is 10.4 Å². The van der Waals surface area contributed by atoms with Crippen LogP contribution >= 0.6 is 15.9 Å². The van der Waals surface area contributed by atoms with Gasteiger partial charge in [0.1, 0.15) is 19.1 Å². The molecule has 0 bridgehead atoms. The normalized spacial score (nSPS) is 13.3. The molecule has 0 atom stereocenters. The van der Waals surface area contributed by atoms with Crippen molar-refractivity contribution in [3.63, 3.8) is 0 Å². The van der Waals surface area contributed by atoms with Crippen molar-refractivity contribution >= 4 is 28.0 Å². The number of hydrazine groups is 1. The Morgan fingerprint density at radius 3 is 2.73 bits per heavy atom. The molecule has 1 N–H and O–H groups in total. The molecule has 0 spiro atoms. The van der Waals surface area contributed by atoms with E-state index in [-0.39, 0.29) is 0 Å². The van der Waals surface area contributed by atoms with Crippen LogP contribution in [0.5, 0.6) is 0 Å². The monoisotopic (exact) mass is 355 g/mol. The minimum absolute atomic E-state index is 0.601. The number of rotatable bonds is 4. The lowest BCUT2D eigenvalue weighted by Crippen LogP contribution is -2.30. The molecular formula is C16H14BrN5. The number of hydrazone groups is 1. The predicted octanol–water partition coefficient (Wildman–Crippen LogP) is 3.37. The summed E-state index contributed by atoms with van der Waals surface area (Å²) in [5, 5.41) is 15.1. The van der Waals surface area contributed by atoms with E-state index in [1.807, 2.05) is 30.3 Å². The van der Waals surface area contributed by atoms with Gasteiger partial charge in [0.05, 0.1) is 11.3 Å². The van der Waals surface area contributed by atoms with Crippen LogP contribution in [-0.4, -0.2) is 23.0 Å². The van der Waals surface area contributed by atoms with E-state index in [0.29, 0.717) is 12.2 Å². The van der Waals surface area contributed by atoms with Gasteiger partial charge in [-0.1, -0.05) is 40.2 Å². The summed E-state index contributed by atoms with van der Waals surface area (Å²) in [5.74, 6) is 0. The molecule has 2 aromatic carbocycles. The van der Waals surface area contributed by atoms with Gasteiger partial charge in [-0.25, -0.2) is 0 Å². The zero-order valence-corrected chi connectivity index (χ0v) is 13.4. The summed E-state index contributed by atoms with van der Waals surface area (Å²) in [6.07, 6.45) is 1.80. The molecule has 1 aliphatic rings. The van der Waals surface area contributed by atoms with E-state index < -0.39 is 0 Å². The number of para-hydroxylation sites is 1. The number of halogens is 1. The molecule has 3 rings (SSSR count). The van der Waals surface area contributed by atoms with Crippen LogP contribution in [0.2, 0.25) is 0 Å². The van der Waals surface area contributed by atoms with Gasteiger partial charge in [0.2, 0.25) is 0 Å². The summed E-state index contributed by atoms with van der Waals surface area (Å²) in [6, 6.07) is 17.8. The van der Waals surface area contributed by atoms with Crippen LogP contribution in [0.4, 0.5) is 5.69 Å². The number of nitrogens with one attached hydrogen (secondary N) is 1. The van der Waals surface area contributed by atoms with Crippen LogP contribution in [0.3, 0.4) is 0 Å². The number of anilines is 1. The summed E-state index contributed by atoms with van der Waals surface area (Å²) in [7, 11) is 0. The average Bonchev–Trinajstić information content (AvgIpc) is 2.97. The number of benzene rings is 2. The zero-order valence-electron chi connectivity index (χ0n) is 11.8. The second-order valence-corrected chi connectivity index (χ2v) is 5.83. The van der Waals surface area contributed by atoms with Crippen molar-refractivity contribution in [1.82, 2.24) is 10.0 Å². The lowest BCUT2D eigenvalue weighted by atomic mass is 10.2. The molecule has 1 aliphatic heterocycles. The number of nitrogens with zero attached hydrogens (tertiary/aromatic N) is 4. The average molecular weight is 356 g/mol. The Balaban J connectivity index is 1.60. The lowest BCUT2D eigenvalue weighted by Gasteiger charge is -2.20. The molecule has 5 nitrogen and oxygen atoms in total. The Hall–Kier alpha value is -2.52. The van der Waals surface area contributed by atoms with Crippen molar-refractivity contribution in [2.24, 2.45) is 5.10 Å². The first-order chi connectivity index (χ1) is 10.7.